The zero-order valence-electron chi connectivity index (χ0n) is 9.86. The smallest absolute Gasteiger partial charge is 0.140 e. The summed E-state index contributed by atoms with van der Waals surface area (Å²) < 4.78 is 1.07. The first-order valence-electron chi connectivity index (χ1n) is 6.50. The molecule has 1 aromatic carbocycles. The molecule has 2 aliphatic rings. The summed E-state index contributed by atoms with van der Waals surface area (Å²) in [5.74, 6) is 2.38. The van der Waals surface area contributed by atoms with Gasteiger partial charge in [0.2, 0.25) is 0 Å². The molecule has 3 unspecified atom stereocenters. The monoisotopic (exact) mass is 292 g/mol. The van der Waals surface area contributed by atoms with Crippen LogP contribution in [0.3, 0.4) is 0 Å². The fourth-order valence-corrected chi connectivity index (χ4v) is 4.02. The van der Waals surface area contributed by atoms with Gasteiger partial charge < -0.3 is 0 Å². The lowest BCUT2D eigenvalue weighted by Gasteiger charge is -2.20. The third-order valence-electron chi connectivity index (χ3n) is 4.47. The van der Waals surface area contributed by atoms with Gasteiger partial charge in [-0.1, -0.05) is 40.5 Å². The van der Waals surface area contributed by atoms with Crippen molar-refractivity contribution in [1.82, 2.24) is 0 Å². The van der Waals surface area contributed by atoms with Gasteiger partial charge in [0.25, 0.3) is 0 Å². The number of carbonyl (C=O) groups is 1. The van der Waals surface area contributed by atoms with E-state index in [1.165, 1.54) is 19.3 Å². The predicted molar refractivity (Wildman–Crippen MR) is 71.8 cm³/mol. The normalized spacial score (nSPS) is 30.8. The molecular weight excluding hydrogens is 276 g/mol. The first-order chi connectivity index (χ1) is 8.24. The predicted octanol–water partition coefficient (Wildman–Crippen LogP) is 4.00. The molecule has 1 nitrogen and oxygen atoms in total. The lowest BCUT2D eigenvalue weighted by Crippen LogP contribution is -2.22. The van der Waals surface area contributed by atoms with E-state index in [0.717, 1.165) is 22.4 Å². The van der Waals surface area contributed by atoms with Gasteiger partial charge in [-0.25, -0.2) is 0 Å². The van der Waals surface area contributed by atoms with Gasteiger partial charge in [0, 0.05) is 16.8 Å². The van der Waals surface area contributed by atoms with Crippen LogP contribution in [0, 0.1) is 17.8 Å². The van der Waals surface area contributed by atoms with Gasteiger partial charge in [-0.3, -0.25) is 4.79 Å². The summed E-state index contributed by atoms with van der Waals surface area (Å²) in [4.78, 5) is 12.3. The molecule has 3 rings (SSSR count). The van der Waals surface area contributed by atoms with Crippen molar-refractivity contribution in [3.05, 3.63) is 34.3 Å². The van der Waals surface area contributed by atoms with Crippen LogP contribution in [0.5, 0.6) is 0 Å². The molecule has 0 N–H and O–H groups in total. The highest BCUT2D eigenvalue weighted by atomic mass is 79.9. The van der Waals surface area contributed by atoms with Gasteiger partial charge in [0.05, 0.1) is 0 Å². The molecule has 2 bridgehead atoms. The second-order valence-corrected chi connectivity index (χ2v) is 6.37. The van der Waals surface area contributed by atoms with E-state index in [1.807, 2.05) is 18.2 Å². The minimum absolute atomic E-state index is 0.362. The first kappa shape index (κ1) is 11.5. The second-order valence-electron chi connectivity index (χ2n) is 5.52. The van der Waals surface area contributed by atoms with Crippen LogP contribution in [0.15, 0.2) is 28.7 Å². The van der Waals surface area contributed by atoms with Crippen LogP contribution in [0.25, 0.3) is 0 Å². The van der Waals surface area contributed by atoms with E-state index >= 15 is 0 Å². The molecule has 0 aliphatic heterocycles. The van der Waals surface area contributed by atoms with Gasteiger partial charge >= 0.3 is 0 Å². The largest absolute Gasteiger partial charge is 0.299 e. The minimum atomic E-state index is 0.362. The number of ketones is 1. The van der Waals surface area contributed by atoms with Crippen molar-refractivity contribution in [1.29, 1.82) is 0 Å². The molecule has 0 heterocycles. The van der Waals surface area contributed by atoms with Gasteiger partial charge in [-0.15, -0.1) is 0 Å². The summed E-state index contributed by atoms with van der Waals surface area (Å²) in [5.41, 5.74) is 1.14. The quantitative estimate of drug-likeness (QED) is 0.823. The topological polar surface area (TPSA) is 17.1 Å². The number of hydrogen-bond donors (Lipinski definition) is 0. The fraction of sp³-hybridized carbons (Fsp3) is 0.533. The number of benzene rings is 1. The van der Waals surface area contributed by atoms with Crippen LogP contribution in [0.4, 0.5) is 0 Å². The highest BCUT2D eigenvalue weighted by Crippen LogP contribution is 2.48. The maximum Gasteiger partial charge on any atom is 0.140 e. The van der Waals surface area contributed by atoms with Crippen LogP contribution in [0.2, 0.25) is 0 Å². The number of rotatable bonds is 3. The van der Waals surface area contributed by atoms with E-state index in [0.29, 0.717) is 24.0 Å². The van der Waals surface area contributed by atoms with E-state index in [1.54, 1.807) is 0 Å². The van der Waals surface area contributed by atoms with Crippen LogP contribution in [-0.4, -0.2) is 5.78 Å². The summed E-state index contributed by atoms with van der Waals surface area (Å²) in [5, 5.41) is 0. The zero-order chi connectivity index (χ0) is 11.8. The Balaban J connectivity index is 1.70. The van der Waals surface area contributed by atoms with E-state index in [2.05, 4.69) is 22.0 Å². The number of hydrogen-bond acceptors (Lipinski definition) is 1. The summed E-state index contributed by atoms with van der Waals surface area (Å²) in [7, 11) is 0. The molecule has 3 atom stereocenters. The SMILES string of the molecule is O=C(Cc1ccccc1Br)C1CC2CCC1C2. The van der Waals surface area contributed by atoms with Gasteiger partial charge in [-0.2, -0.15) is 0 Å². The van der Waals surface area contributed by atoms with E-state index in [-0.39, 0.29) is 0 Å². The summed E-state index contributed by atoms with van der Waals surface area (Å²) in [6.07, 6.45) is 5.73. The Labute approximate surface area is 111 Å². The van der Waals surface area contributed by atoms with Crippen LogP contribution in [-0.2, 0) is 11.2 Å². The lowest BCUT2D eigenvalue weighted by atomic mass is 9.84. The average molecular weight is 293 g/mol. The summed E-state index contributed by atoms with van der Waals surface area (Å²) in [6, 6.07) is 8.07. The summed E-state index contributed by atoms with van der Waals surface area (Å²) in [6.45, 7) is 0. The average Bonchev–Trinajstić information content (AvgIpc) is 2.94. The Kier molecular flexibility index (Phi) is 3.08. The third-order valence-corrected chi connectivity index (χ3v) is 5.25. The third kappa shape index (κ3) is 2.20. The van der Waals surface area contributed by atoms with E-state index in [9.17, 15) is 4.79 Å². The van der Waals surface area contributed by atoms with Crippen LogP contribution < -0.4 is 0 Å². The molecule has 0 amide bonds. The van der Waals surface area contributed by atoms with Crippen molar-refractivity contribution in [2.24, 2.45) is 17.8 Å². The number of halogens is 1. The molecule has 1 aromatic rings. The summed E-state index contributed by atoms with van der Waals surface area (Å²) >= 11 is 3.52. The van der Waals surface area contributed by atoms with Crippen LogP contribution in [0.1, 0.15) is 31.2 Å². The van der Waals surface area contributed by atoms with Crippen molar-refractivity contribution in [3.63, 3.8) is 0 Å². The molecule has 2 fully saturated rings. The Morgan fingerprint density at radius 3 is 2.71 bits per heavy atom. The van der Waals surface area contributed by atoms with Crippen molar-refractivity contribution in [2.45, 2.75) is 32.1 Å². The molecule has 0 radical (unpaired) electrons. The van der Waals surface area contributed by atoms with Crippen LogP contribution >= 0.6 is 15.9 Å². The second kappa shape index (κ2) is 4.56. The number of carbonyl (C=O) groups excluding carboxylic acids is 1. The standard InChI is InChI=1S/C15H17BrO/c16-14-4-2-1-3-12(14)9-15(17)13-8-10-5-6-11(13)7-10/h1-4,10-11,13H,5-9H2. The highest BCUT2D eigenvalue weighted by molar-refractivity contribution is 9.10. The molecule has 2 saturated carbocycles. The molecule has 2 heteroatoms. The van der Waals surface area contributed by atoms with Gasteiger partial charge in [0.1, 0.15) is 5.78 Å². The molecule has 0 aromatic heterocycles. The molecule has 0 spiro atoms. The first-order valence-corrected chi connectivity index (χ1v) is 7.29. The van der Waals surface area contributed by atoms with Crippen molar-refractivity contribution >= 4 is 21.7 Å². The highest BCUT2D eigenvalue weighted by Gasteiger charge is 2.42. The Bertz CT molecular complexity index is 440. The maximum absolute atomic E-state index is 12.3. The van der Waals surface area contributed by atoms with Crippen molar-refractivity contribution in [2.75, 3.05) is 0 Å². The van der Waals surface area contributed by atoms with Crippen molar-refractivity contribution in [3.8, 4) is 0 Å². The van der Waals surface area contributed by atoms with Gasteiger partial charge in [-0.05, 0) is 42.7 Å². The fourth-order valence-electron chi connectivity index (χ4n) is 3.60. The number of fused-ring (bicyclic) bond motifs is 2. The van der Waals surface area contributed by atoms with E-state index < -0.39 is 0 Å². The minimum Gasteiger partial charge on any atom is -0.299 e. The zero-order valence-corrected chi connectivity index (χ0v) is 11.4. The molecule has 2 aliphatic carbocycles. The molecule has 0 saturated heterocycles. The molecule has 17 heavy (non-hydrogen) atoms. The maximum atomic E-state index is 12.3. The Morgan fingerprint density at radius 1 is 1.24 bits per heavy atom. The van der Waals surface area contributed by atoms with Gasteiger partial charge in [0.15, 0.2) is 0 Å². The molecule has 90 valence electrons. The Morgan fingerprint density at radius 2 is 2.06 bits per heavy atom. The Hall–Kier alpha value is -0.630. The van der Waals surface area contributed by atoms with Crippen molar-refractivity contribution < 1.29 is 4.79 Å². The molecular formula is C15H17BrO. The lowest BCUT2D eigenvalue weighted by molar-refractivity contribution is -0.123. The van der Waals surface area contributed by atoms with E-state index in [4.69, 9.17) is 0 Å². The number of Topliss-reactive ketones (excluding diaryl/α,β-unsaturated/α-hetero) is 1.